The van der Waals surface area contributed by atoms with Gasteiger partial charge in [-0.2, -0.15) is 4.31 Å². The first-order valence-electron chi connectivity index (χ1n) is 6.74. The van der Waals surface area contributed by atoms with Crippen LogP contribution in [0.1, 0.15) is 6.42 Å². The molecule has 124 valence electrons. The molecule has 1 unspecified atom stereocenters. The number of nitrogens with zero attached hydrogens (tertiary/aromatic N) is 2. The van der Waals surface area contributed by atoms with Crippen LogP contribution >= 0.6 is 11.8 Å². The number of benzene rings is 1. The van der Waals surface area contributed by atoms with E-state index in [0.29, 0.717) is 12.5 Å². The van der Waals surface area contributed by atoms with Gasteiger partial charge in [0.05, 0.1) is 16.7 Å². The van der Waals surface area contributed by atoms with E-state index in [2.05, 4.69) is 0 Å². The Bertz CT molecular complexity index is 768. The normalized spacial score (nSPS) is 23.0. The summed E-state index contributed by atoms with van der Waals surface area (Å²) in [5.41, 5.74) is 0. The zero-order chi connectivity index (χ0) is 16.8. The van der Waals surface area contributed by atoms with E-state index >= 15 is 0 Å². The molecule has 2 aliphatic heterocycles. The molecule has 0 radical (unpaired) electrons. The van der Waals surface area contributed by atoms with Crippen LogP contribution in [0.2, 0.25) is 0 Å². The summed E-state index contributed by atoms with van der Waals surface area (Å²) in [7, 11) is -4.00. The van der Waals surface area contributed by atoms with E-state index in [0.717, 1.165) is 33.1 Å². The Kier molecular flexibility index (Phi) is 4.15. The van der Waals surface area contributed by atoms with Crippen LogP contribution in [0.5, 0.6) is 0 Å². The molecular weight excluding hydrogens is 350 g/mol. The molecule has 2 saturated heterocycles. The monoisotopic (exact) mass is 362 g/mol. The van der Waals surface area contributed by atoms with Crippen molar-refractivity contribution in [1.29, 1.82) is 0 Å². The molecule has 2 fully saturated rings. The van der Waals surface area contributed by atoms with Crippen LogP contribution < -0.4 is 0 Å². The highest BCUT2D eigenvalue weighted by molar-refractivity contribution is 8.14. The standard InChI is InChI=1S/C13H12F2N2O4S2/c14-10-2-1-9(5-11(10)15)23(20,21)16-4-3-8(6-16)17-12(18)7-22-13(17)19/h1-2,5,8H,3-4,6-7H2. The van der Waals surface area contributed by atoms with Gasteiger partial charge in [-0.1, -0.05) is 11.8 Å². The van der Waals surface area contributed by atoms with Crippen molar-refractivity contribution in [2.24, 2.45) is 0 Å². The first kappa shape index (κ1) is 16.3. The quantitative estimate of drug-likeness (QED) is 0.813. The molecule has 0 saturated carbocycles. The minimum Gasteiger partial charge on any atom is -0.273 e. The molecule has 3 rings (SSSR count). The number of sulfonamides is 1. The number of amides is 2. The zero-order valence-electron chi connectivity index (χ0n) is 11.7. The lowest BCUT2D eigenvalue weighted by Crippen LogP contribution is -2.41. The van der Waals surface area contributed by atoms with Crippen LogP contribution in [0.3, 0.4) is 0 Å². The zero-order valence-corrected chi connectivity index (χ0v) is 13.4. The summed E-state index contributed by atoms with van der Waals surface area (Å²) < 4.78 is 52.2. The lowest BCUT2D eigenvalue weighted by atomic mass is 10.2. The van der Waals surface area contributed by atoms with Gasteiger partial charge >= 0.3 is 0 Å². The molecule has 10 heteroatoms. The largest absolute Gasteiger partial charge is 0.289 e. The van der Waals surface area contributed by atoms with Gasteiger partial charge < -0.3 is 0 Å². The van der Waals surface area contributed by atoms with E-state index < -0.39 is 27.7 Å². The number of carbonyl (C=O) groups excluding carboxylic acids is 2. The Morgan fingerprint density at radius 1 is 1.17 bits per heavy atom. The molecule has 6 nitrogen and oxygen atoms in total. The predicted molar refractivity (Wildman–Crippen MR) is 78.2 cm³/mol. The number of hydrogen-bond donors (Lipinski definition) is 0. The maximum absolute atomic E-state index is 13.3. The molecule has 0 bridgehead atoms. The molecule has 1 aromatic rings. The van der Waals surface area contributed by atoms with E-state index in [4.69, 9.17) is 0 Å². The second-order valence-electron chi connectivity index (χ2n) is 5.20. The van der Waals surface area contributed by atoms with Gasteiger partial charge in [-0.25, -0.2) is 17.2 Å². The van der Waals surface area contributed by atoms with Crippen molar-refractivity contribution in [3.05, 3.63) is 29.8 Å². The highest BCUT2D eigenvalue weighted by atomic mass is 32.2. The Hall–Kier alpha value is -1.52. The lowest BCUT2D eigenvalue weighted by molar-refractivity contribution is -0.126. The summed E-state index contributed by atoms with van der Waals surface area (Å²) in [6.07, 6.45) is 0.320. The SMILES string of the molecule is O=C1CSC(=O)N1C1CCN(S(=O)(=O)c2ccc(F)c(F)c2)C1. The van der Waals surface area contributed by atoms with Gasteiger partial charge in [0.2, 0.25) is 15.9 Å². The molecule has 0 N–H and O–H groups in total. The van der Waals surface area contributed by atoms with Gasteiger partial charge in [0, 0.05) is 13.1 Å². The van der Waals surface area contributed by atoms with Crippen LogP contribution in [0.15, 0.2) is 23.1 Å². The summed E-state index contributed by atoms with van der Waals surface area (Å²) >= 11 is 0.887. The Morgan fingerprint density at radius 2 is 1.91 bits per heavy atom. The molecular formula is C13H12F2N2O4S2. The third-order valence-corrected chi connectivity index (χ3v) is 6.50. The van der Waals surface area contributed by atoms with Gasteiger partial charge in [-0.05, 0) is 24.6 Å². The van der Waals surface area contributed by atoms with E-state index in [9.17, 15) is 26.8 Å². The van der Waals surface area contributed by atoms with E-state index in [1.165, 1.54) is 0 Å². The third-order valence-electron chi connectivity index (χ3n) is 3.80. The molecule has 2 heterocycles. The number of rotatable bonds is 3. The van der Waals surface area contributed by atoms with E-state index in [-0.39, 0.29) is 34.9 Å². The van der Waals surface area contributed by atoms with Crippen molar-refractivity contribution < 1.29 is 26.8 Å². The van der Waals surface area contributed by atoms with Crippen LogP contribution in [-0.4, -0.2) is 53.7 Å². The fourth-order valence-corrected chi connectivity index (χ4v) is 4.92. The van der Waals surface area contributed by atoms with E-state index in [1.807, 2.05) is 0 Å². The maximum atomic E-state index is 13.3. The van der Waals surface area contributed by atoms with Gasteiger partial charge in [0.25, 0.3) is 5.24 Å². The Labute approximate surface area is 135 Å². The maximum Gasteiger partial charge on any atom is 0.289 e. The minimum atomic E-state index is -4.00. The van der Waals surface area contributed by atoms with Gasteiger partial charge in [-0.3, -0.25) is 14.5 Å². The molecule has 1 atom stereocenters. The van der Waals surface area contributed by atoms with Crippen LogP contribution in [0.4, 0.5) is 13.6 Å². The molecule has 0 aliphatic carbocycles. The fraction of sp³-hybridized carbons (Fsp3) is 0.385. The Morgan fingerprint density at radius 3 is 2.52 bits per heavy atom. The van der Waals surface area contributed by atoms with Gasteiger partial charge in [0.1, 0.15) is 0 Å². The van der Waals surface area contributed by atoms with Crippen LogP contribution in [0.25, 0.3) is 0 Å². The summed E-state index contributed by atoms with van der Waals surface area (Å²) in [5.74, 6) is -2.65. The molecule has 1 aromatic carbocycles. The second kappa shape index (κ2) is 5.84. The smallest absolute Gasteiger partial charge is 0.273 e. The highest BCUT2D eigenvalue weighted by Gasteiger charge is 2.42. The highest BCUT2D eigenvalue weighted by Crippen LogP contribution is 2.29. The molecule has 2 aliphatic rings. The second-order valence-corrected chi connectivity index (χ2v) is 8.06. The first-order chi connectivity index (χ1) is 10.8. The average molecular weight is 362 g/mol. The summed E-state index contributed by atoms with van der Waals surface area (Å²) in [6, 6.07) is 1.84. The number of halogens is 2. The third kappa shape index (κ3) is 2.86. The number of hydrogen-bond acceptors (Lipinski definition) is 5. The molecule has 2 amide bonds. The summed E-state index contributed by atoms with van der Waals surface area (Å²) in [6.45, 7) is 0.0626. The van der Waals surface area contributed by atoms with Crippen molar-refractivity contribution in [1.82, 2.24) is 9.21 Å². The van der Waals surface area contributed by atoms with Gasteiger partial charge in [0.15, 0.2) is 11.6 Å². The molecule has 23 heavy (non-hydrogen) atoms. The fourth-order valence-electron chi connectivity index (χ4n) is 2.64. The van der Waals surface area contributed by atoms with Crippen LogP contribution in [0, 0.1) is 11.6 Å². The molecule has 0 aromatic heterocycles. The number of thioether (sulfide) groups is 1. The van der Waals surface area contributed by atoms with Crippen molar-refractivity contribution >= 4 is 32.9 Å². The average Bonchev–Trinajstić information content (AvgIpc) is 3.09. The first-order valence-corrected chi connectivity index (χ1v) is 9.17. The van der Waals surface area contributed by atoms with Crippen LogP contribution in [-0.2, 0) is 14.8 Å². The molecule has 0 spiro atoms. The topological polar surface area (TPSA) is 74.8 Å². The number of carbonyl (C=O) groups is 2. The number of imide groups is 1. The summed E-state index contributed by atoms with van der Waals surface area (Å²) in [5, 5.41) is -0.382. The van der Waals surface area contributed by atoms with Crippen molar-refractivity contribution in [2.75, 3.05) is 18.8 Å². The predicted octanol–water partition coefficient (Wildman–Crippen LogP) is 1.42. The van der Waals surface area contributed by atoms with Gasteiger partial charge in [-0.15, -0.1) is 0 Å². The van der Waals surface area contributed by atoms with Crippen molar-refractivity contribution in [2.45, 2.75) is 17.4 Å². The van der Waals surface area contributed by atoms with Crippen molar-refractivity contribution in [3.63, 3.8) is 0 Å². The minimum absolute atomic E-state index is 0.0423. The van der Waals surface area contributed by atoms with Crippen molar-refractivity contribution in [3.8, 4) is 0 Å². The summed E-state index contributed by atoms with van der Waals surface area (Å²) in [4.78, 5) is 24.1. The van der Waals surface area contributed by atoms with E-state index in [1.54, 1.807) is 0 Å². The lowest BCUT2D eigenvalue weighted by Gasteiger charge is -2.21. The Balaban J connectivity index is 1.81.